The van der Waals surface area contributed by atoms with Crippen molar-refractivity contribution in [2.75, 3.05) is 0 Å². The Balaban J connectivity index is 1.75. The molecule has 0 aliphatic rings. The SMILES string of the molecule is Cc1nc(C)c(CNC(=O)c2nc(C)n(-c3ccc(F)cc3)n2)o1. The van der Waals surface area contributed by atoms with Gasteiger partial charge in [0.1, 0.15) is 17.4 Å². The van der Waals surface area contributed by atoms with Crippen LogP contribution in [0.15, 0.2) is 28.7 Å². The summed E-state index contributed by atoms with van der Waals surface area (Å²) in [6, 6.07) is 5.79. The Labute approximate surface area is 137 Å². The van der Waals surface area contributed by atoms with E-state index in [4.69, 9.17) is 4.42 Å². The molecule has 0 radical (unpaired) electrons. The molecule has 8 heteroatoms. The van der Waals surface area contributed by atoms with Crippen molar-refractivity contribution in [3.63, 3.8) is 0 Å². The number of carbonyl (C=O) groups excluding carboxylic acids is 1. The molecule has 0 aliphatic heterocycles. The van der Waals surface area contributed by atoms with Crippen molar-refractivity contribution in [1.29, 1.82) is 0 Å². The molecule has 0 fully saturated rings. The molecule has 124 valence electrons. The lowest BCUT2D eigenvalue weighted by Gasteiger charge is -2.02. The molecule has 0 saturated carbocycles. The van der Waals surface area contributed by atoms with Crippen molar-refractivity contribution in [2.45, 2.75) is 27.3 Å². The van der Waals surface area contributed by atoms with Crippen LogP contribution in [0.4, 0.5) is 4.39 Å². The minimum atomic E-state index is -0.424. The monoisotopic (exact) mass is 329 g/mol. The normalized spacial score (nSPS) is 10.8. The number of nitrogens with zero attached hydrogens (tertiary/aromatic N) is 4. The molecule has 0 unspecified atom stereocenters. The minimum Gasteiger partial charge on any atom is -0.444 e. The van der Waals surface area contributed by atoms with E-state index in [2.05, 4.69) is 20.4 Å². The van der Waals surface area contributed by atoms with Crippen LogP contribution in [0.2, 0.25) is 0 Å². The zero-order chi connectivity index (χ0) is 17.3. The highest BCUT2D eigenvalue weighted by atomic mass is 19.1. The Hall–Kier alpha value is -3.03. The maximum atomic E-state index is 13.0. The van der Waals surface area contributed by atoms with E-state index < -0.39 is 5.91 Å². The number of oxazole rings is 1. The zero-order valence-corrected chi connectivity index (χ0v) is 13.5. The van der Waals surface area contributed by atoms with Crippen LogP contribution >= 0.6 is 0 Å². The summed E-state index contributed by atoms with van der Waals surface area (Å²) in [5.41, 5.74) is 1.36. The molecule has 1 aromatic carbocycles. The van der Waals surface area contributed by atoms with Gasteiger partial charge in [-0.3, -0.25) is 4.79 Å². The van der Waals surface area contributed by atoms with Gasteiger partial charge in [0, 0.05) is 6.92 Å². The standard InChI is InChI=1S/C16H16FN5O2/c1-9-14(24-11(3)19-9)8-18-16(23)15-20-10(2)22(21-15)13-6-4-12(17)5-7-13/h4-7H,8H2,1-3H3,(H,18,23). The smallest absolute Gasteiger partial charge is 0.291 e. The third-order valence-corrected chi connectivity index (χ3v) is 3.45. The summed E-state index contributed by atoms with van der Waals surface area (Å²) in [5.74, 6) is 0.936. The van der Waals surface area contributed by atoms with E-state index in [1.807, 2.05) is 6.92 Å². The Kier molecular flexibility index (Phi) is 4.11. The van der Waals surface area contributed by atoms with Gasteiger partial charge >= 0.3 is 0 Å². The van der Waals surface area contributed by atoms with Crippen molar-refractivity contribution in [1.82, 2.24) is 25.1 Å². The maximum absolute atomic E-state index is 13.0. The van der Waals surface area contributed by atoms with Crippen LogP contribution < -0.4 is 5.32 Å². The van der Waals surface area contributed by atoms with Gasteiger partial charge in [0.05, 0.1) is 17.9 Å². The molecule has 0 saturated heterocycles. The summed E-state index contributed by atoms with van der Waals surface area (Å²) in [6.45, 7) is 5.48. The van der Waals surface area contributed by atoms with Gasteiger partial charge in [0.25, 0.3) is 5.91 Å². The molecule has 24 heavy (non-hydrogen) atoms. The van der Waals surface area contributed by atoms with Crippen molar-refractivity contribution in [2.24, 2.45) is 0 Å². The molecule has 0 bridgehead atoms. The summed E-state index contributed by atoms with van der Waals surface area (Å²) in [6.07, 6.45) is 0. The van der Waals surface area contributed by atoms with Gasteiger partial charge in [0.15, 0.2) is 5.89 Å². The number of hydrogen-bond donors (Lipinski definition) is 1. The van der Waals surface area contributed by atoms with Crippen LogP contribution in [0.3, 0.4) is 0 Å². The molecule has 2 aromatic heterocycles. The van der Waals surface area contributed by atoms with Crippen LogP contribution in [0.5, 0.6) is 0 Å². The fraction of sp³-hybridized carbons (Fsp3) is 0.250. The third kappa shape index (κ3) is 3.17. The van der Waals surface area contributed by atoms with Gasteiger partial charge in [-0.1, -0.05) is 0 Å². The van der Waals surface area contributed by atoms with Crippen LogP contribution in [-0.4, -0.2) is 25.7 Å². The van der Waals surface area contributed by atoms with Gasteiger partial charge in [-0.2, -0.15) is 0 Å². The predicted octanol–water partition coefficient (Wildman–Crippen LogP) is 2.25. The molecular formula is C16H16FN5O2. The van der Waals surface area contributed by atoms with E-state index in [-0.39, 0.29) is 18.2 Å². The number of aromatic nitrogens is 4. The Morgan fingerprint density at radius 2 is 1.92 bits per heavy atom. The first-order chi connectivity index (χ1) is 11.4. The molecular weight excluding hydrogens is 313 g/mol. The second kappa shape index (κ2) is 6.23. The molecule has 1 N–H and O–H groups in total. The predicted molar refractivity (Wildman–Crippen MR) is 83.2 cm³/mol. The molecule has 0 atom stereocenters. The van der Waals surface area contributed by atoms with E-state index in [0.29, 0.717) is 23.2 Å². The Bertz CT molecular complexity index is 883. The van der Waals surface area contributed by atoms with Gasteiger partial charge in [-0.05, 0) is 38.1 Å². The van der Waals surface area contributed by atoms with Crippen LogP contribution in [-0.2, 0) is 6.54 Å². The topological polar surface area (TPSA) is 85.8 Å². The first-order valence-electron chi connectivity index (χ1n) is 7.35. The molecule has 0 aliphatic carbocycles. The number of nitrogens with one attached hydrogen (secondary N) is 1. The quantitative estimate of drug-likeness (QED) is 0.793. The van der Waals surface area contributed by atoms with Gasteiger partial charge < -0.3 is 9.73 Å². The fourth-order valence-corrected chi connectivity index (χ4v) is 2.29. The van der Waals surface area contributed by atoms with E-state index in [9.17, 15) is 9.18 Å². The first-order valence-corrected chi connectivity index (χ1v) is 7.35. The van der Waals surface area contributed by atoms with E-state index in [1.165, 1.54) is 16.8 Å². The van der Waals surface area contributed by atoms with Gasteiger partial charge in [-0.15, -0.1) is 5.10 Å². The second-order valence-electron chi connectivity index (χ2n) is 5.29. The lowest BCUT2D eigenvalue weighted by Crippen LogP contribution is -2.24. The maximum Gasteiger partial charge on any atom is 0.291 e. The second-order valence-corrected chi connectivity index (χ2v) is 5.29. The summed E-state index contributed by atoms with van der Waals surface area (Å²) in [4.78, 5) is 20.5. The molecule has 3 rings (SSSR count). The number of amides is 1. The molecule has 7 nitrogen and oxygen atoms in total. The highest BCUT2D eigenvalue weighted by molar-refractivity contribution is 5.90. The van der Waals surface area contributed by atoms with Crippen molar-refractivity contribution in [3.8, 4) is 5.69 Å². The fourth-order valence-electron chi connectivity index (χ4n) is 2.29. The molecule has 1 amide bonds. The van der Waals surface area contributed by atoms with Gasteiger partial charge in [0.2, 0.25) is 5.82 Å². The van der Waals surface area contributed by atoms with Crippen molar-refractivity contribution >= 4 is 5.91 Å². The molecule has 3 aromatic rings. The lowest BCUT2D eigenvalue weighted by molar-refractivity contribution is 0.0937. The Morgan fingerprint density at radius 1 is 1.21 bits per heavy atom. The highest BCUT2D eigenvalue weighted by Crippen LogP contribution is 2.11. The number of rotatable bonds is 4. The van der Waals surface area contributed by atoms with Crippen molar-refractivity contribution < 1.29 is 13.6 Å². The third-order valence-electron chi connectivity index (χ3n) is 3.45. The average molecular weight is 329 g/mol. The number of carbonyl (C=O) groups is 1. The van der Waals surface area contributed by atoms with Gasteiger partial charge in [-0.25, -0.2) is 19.0 Å². The average Bonchev–Trinajstić information content (AvgIpc) is 3.08. The van der Waals surface area contributed by atoms with E-state index >= 15 is 0 Å². The highest BCUT2D eigenvalue weighted by Gasteiger charge is 2.16. The number of benzene rings is 1. The zero-order valence-electron chi connectivity index (χ0n) is 13.5. The van der Waals surface area contributed by atoms with Crippen LogP contribution in [0.25, 0.3) is 5.69 Å². The summed E-state index contributed by atoms with van der Waals surface area (Å²) < 4.78 is 19.9. The number of halogens is 1. The summed E-state index contributed by atoms with van der Waals surface area (Å²) in [5, 5.41) is 6.87. The van der Waals surface area contributed by atoms with E-state index in [0.717, 1.165) is 5.69 Å². The number of aryl methyl sites for hydroxylation is 3. The number of hydrogen-bond acceptors (Lipinski definition) is 5. The largest absolute Gasteiger partial charge is 0.444 e. The lowest BCUT2D eigenvalue weighted by atomic mass is 10.3. The van der Waals surface area contributed by atoms with Crippen LogP contribution in [0, 0.1) is 26.6 Å². The molecule has 0 spiro atoms. The summed E-state index contributed by atoms with van der Waals surface area (Å²) in [7, 11) is 0. The minimum absolute atomic E-state index is 0.0331. The van der Waals surface area contributed by atoms with Crippen molar-refractivity contribution in [3.05, 3.63) is 59.1 Å². The van der Waals surface area contributed by atoms with E-state index in [1.54, 1.807) is 26.0 Å². The first kappa shape index (κ1) is 15.9. The summed E-state index contributed by atoms with van der Waals surface area (Å²) >= 11 is 0. The Morgan fingerprint density at radius 3 is 2.54 bits per heavy atom. The molecule has 2 heterocycles. The van der Waals surface area contributed by atoms with Crippen LogP contribution in [0.1, 0.15) is 33.8 Å².